The molecule has 0 fully saturated rings. The summed E-state index contributed by atoms with van der Waals surface area (Å²) in [6.07, 6.45) is -1.22. The number of aliphatic hydroxyl groups excluding tert-OH is 2. The summed E-state index contributed by atoms with van der Waals surface area (Å²) in [4.78, 5) is 0. The molecule has 0 heterocycles. The SMILES string of the molecule is NC(CO)C(O)c1ccc(Cl)cc1F. The zero-order valence-electron chi connectivity index (χ0n) is 7.32. The minimum atomic E-state index is -1.22. The predicted molar refractivity (Wildman–Crippen MR) is 51.4 cm³/mol. The van der Waals surface area contributed by atoms with E-state index >= 15 is 0 Å². The van der Waals surface area contributed by atoms with Crippen LogP contribution in [0.1, 0.15) is 11.7 Å². The highest BCUT2D eigenvalue weighted by molar-refractivity contribution is 6.30. The highest BCUT2D eigenvalue weighted by Gasteiger charge is 2.19. The Kier molecular flexibility index (Phi) is 3.83. The molecule has 4 N–H and O–H groups in total. The van der Waals surface area contributed by atoms with E-state index in [4.69, 9.17) is 22.4 Å². The Hall–Kier alpha value is -0.680. The fourth-order valence-corrected chi connectivity index (χ4v) is 1.23. The van der Waals surface area contributed by atoms with Crippen LogP contribution in [-0.2, 0) is 0 Å². The molecular weight excluding hydrogens is 209 g/mol. The first-order valence-electron chi connectivity index (χ1n) is 4.05. The molecule has 1 rings (SSSR count). The lowest BCUT2D eigenvalue weighted by Gasteiger charge is -2.17. The molecule has 0 aliphatic heterocycles. The smallest absolute Gasteiger partial charge is 0.130 e. The summed E-state index contributed by atoms with van der Waals surface area (Å²) in [6.45, 7) is -0.413. The fraction of sp³-hybridized carbons (Fsp3) is 0.333. The van der Waals surface area contributed by atoms with Gasteiger partial charge in [-0.15, -0.1) is 0 Å². The number of aliphatic hydroxyl groups is 2. The molecule has 14 heavy (non-hydrogen) atoms. The molecule has 0 aromatic heterocycles. The van der Waals surface area contributed by atoms with Gasteiger partial charge in [0, 0.05) is 10.6 Å². The van der Waals surface area contributed by atoms with Gasteiger partial charge in [-0.25, -0.2) is 4.39 Å². The standard InChI is InChI=1S/C9H11ClFNO2/c10-5-1-2-6(7(11)3-5)9(14)8(12)4-13/h1-3,8-9,13-14H,4,12H2. The van der Waals surface area contributed by atoms with Crippen molar-refractivity contribution < 1.29 is 14.6 Å². The second-order valence-corrected chi connectivity index (χ2v) is 3.39. The number of benzene rings is 1. The van der Waals surface area contributed by atoms with Crippen molar-refractivity contribution in [2.75, 3.05) is 6.61 Å². The van der Waals surface area contributed by atoms with E-state index in [0.717, 1.165) is 6.07 Å². The Morgan fingerprint density at radius 2 is 2.14 bits per heavy atom. The summed E-state index contributed by atoms with van der Waals surface area (Å²) in [5.41, 5.74) is 5.39. The minimum absolute atomic E-state index is 0.0379. The van der Waals surface area contributed by atoms with Crippen molar-refractivity contribution in [2.45, 2.75) is 12.1 Å². The normalized spacial score (nSPS) is 15.2. The van der Waals surface area contributed by atoms with Crippen LogP contribution in [0.25, 0.3) is 0 Å². The molecule has 0 radical (unpaired) electrons. The Morgan fingerprint density at radius 3 is 2.64 bits per heavy atom. The van der Waals surface area contributed by atoms with Crippen LogP contribution in [0.3, 0.4) is 0 Å². The van der Waals surface area contributed by atoms with Crippen LogP contribution >= 0.6 is 11.6 Å². The molecule has 0 saturated heterocycles. The zero-order valence-corrected chi connectivity index (χ0v) is 8.08. The van der Waals surface area contributed by atoms with Crippen molar-refractivity contribution in [1.29, 1.82) is 0 Å². The molecule has 0 spiro atoms. The molecule has 0 aliphatic rings. The topological polar surface area (TPSA) is 66.5 Å². The Morgan fingerprint density at radius 1 is 1.50 bits per heavy atom. The minimum Gasteiger partial charge on any atom is -0.395 e. The summed E-state index contributed by atoms with van der Waals surface area (Å²) in [5.74, 6) is -0.631. The highest BCUT2D eigenvalue weighted by atomic mass is 35.5. The van der Waals surface area contributed by atoms with Gasteiger partial charge in [0.2, 0.25) is 0 Å². The van der Waals surface area contributed by atoms with Crippen molar-refractivity contribution in [3.05, 3.63) is 34.6 Å². The van der Waals surface area contributed by atoms with Crippen molar-refractivity contribution in [2.24, 2.45) is 5.73 Å². The highest BCUT2D eigenvalue weighted by Crippen LogP contribution is 2.22. The van der Waals surface area contributed by atoms with E-state index in [-0.39, 0.29) is 10.6 Å². The third kappa shape index (κ3) is 2.42. The summed E-state index contributed by atoms with van der Waals surface area (Å²) < 4.78 is 13.2. The van der Waals surface area contributed by atoms with Gasteiger partial charge in [0.25, 0.3) is 0 Å². The van der Waals surface area contributed by atoms with Crippen LogP contribution in [-0.4, -0.2) is 22.9 Å². The number of hydrogen-bond donors (Lipinski definition) is 3. The molecule has 2 unspecified atom stereocenters. The second kappa shape index (κ2) is 4.70. The third-order valence-electron chi connectivity index (χ3n) is 1.90. The van der Waals surface area contributed by atoms with E-state index in [1.807, 2.05) is 0 Å². The fourth-order valence-electron chi connectivity index (χ4n) is 1.07. The number of nitrogens with two attached hydrogens (primary N) is 1. The summed E-state index contributed by atoms with van der Waals surface area (Å²) in [6, 6.07) is 2.99. The van der Waals surface area contributed by atoms with Crippen molar-refractivity contribution in [1.82, 2.24) is 0 Å². The Labute approximate surface area is 85.9 Å². The number of halogens is 2. The van der Waals surface area contributed by atoms with Crippen molar-refractivity contribution in [3.63, 3.8) is 0 Å². The van der Waals surface area contributed by atoms with Crippen molar-refractivity contribution >= 4 is 11.6 Å². The molecule has 0 amide bonds. The van der Waals surface area contributed by atoms with Gasteiger partial charge in [0.05, 0.1) is 18.8 Å². The molecule has 2 atom stereocenters. The van der Waals surface area contributed by atoms with Crippen LogP contribution in [0, 0.1) is 5.82 Å². The van der Waals surface area contributed by atoms with E-state index in [2.05, 4.69) is 0 Å². The van der Waals surface area contributed by atoms with Crippen LogP contribution in [0.5, 0.6) is 0 Å². The van der Waals surface area contributed by atoms with E-state index in [1.54, 1.807) is 0 Å². The molecule has 1 aromatic rings. The first kappa shape index (κ1) is 11.4. The first-order valence-corrected chi connectivity index (χ1v) is 4.43. The molecule has 5 heteroatoms. The quantitative estimate of drug-likeness (QED) is 0.706. The Bertz CT molecular complexity index is 322. The van der Waals surface area contributed by atoms with Crippen LogP contribution in [0.4, 0.5) is 4.39 Å². The predicted octanol–water partition coefficient (Wildman–Crippen LogP) is 0.832. The van der Waals surface area contributed by atoms with Gasteiger partial charge in [-0.2, -0.15) is 0 Å². The third-order valence-corrected chi connectivity index (χ3v) is 2.13. The van der Waals surface area contributed by atoms with E-state index in [1.165, 1.54) is 12.1 Å². The van der Waals surface area contributed by atoms with Crippen LogP contribution in [0.15, 0.2) is 18.2 Å². The lowest BCUT2D eigenvalue weighted by atomic mass is 10.0. The average molecular weight is 220 g/mol. The van der Waals surface area contributed by atoms with Gasteiger partial charge in [0.15, 0.2) is 0 Å². The maximum absolute atomic E-state index is 13.2. The van der Waals surface area contributed by atoms with Gasteiger partial charge >= 0.3 is 0 Å². The molecule has 3 nitrogen and oxygen atoms in total. The van der Waals surface area contributed by atoms with Crippen LogP contribution < -0.4 is 5.73 Å². The lowest BCUT2D eigenvalue weighted by molar-refractivity contribution is 0.106. The van der Waals surface area contributed by atoms with Gasteiger partial charge in [0.1, 0.15) is 5.82 Å². The summed E-state index contributed by atoms with van der Waals surface area (Å²) in [7, 11) is 0. The largest absolute Gasteiger partial charge is 0.395 e. The second-order valence-electron chi connectivity index (χ2n) is 2.96. The van der Waals surface area contributed by atoms with Gasteiger partial charge in [-0.05, 0) is 12.1 Å². The molecule has 0 aliphatic carbocycles. The number of rotatable bonds is 3. The molecule has 0 bridgehead atoms. The van der Waals surface area contributed by atoms with E-state index in [9.17, 15) is 9.50 Å². The van der Waals surface area contributed by atoms with Gasteiger partial charge < -0.3 is 15.9 Å². The molecule has 0 saturated carbocycles. The Balaban J connectivity index is 2.95. The summed E-state index contributed by atoms with van der Waals surface area (Å²) in [5, 5.41) is 18.4. The van der Waals surface area contributed by atoms with Gasteiger partial charge in [-0.3, -0.25) is 0 Å². The molecule has 78 valence electrons. The van der Waals surface area contributed by atoms with Crippen molar-refractivity contribution in [3.8, 4) is 0 Å². The first-order chi connectivity index (χ1) is 6.56. The lowest BCUT2D eigenvalue weighted by Crippen LogP contribution is -2.32. The van der Waals surface area contributed by atoms with E-state index in [0.29, 0.717) is 0 Å². The van der Waals surface area contributed by atoms with Gasteiger partial charge in [-0.1, -0.05) is 17.7 Å². The maximum Gasteiger partial charge on any atom is 0.130 e. The van der Waals surface area contributed by atoms with Crippen LogP contribution in [0.2, 0.25) is 5.02 Å². The number of hydrogen-bond acceptors (Lipinski definition) is 3. The van der Waals surface area contributed by atoms with E-state index < -0.39 is 24.6 Å². The average Bonchev–Trinajstić information content (AvgIpc) is 2.15. The maximum atomic E-state index is 13.2. The molecular formula is C9H11ClFNO2. The zero-order chi connectivity index (χ0) is 10.7. The summed E-state index contributed by atoms with van der Waals surface area (Å²) >= 11 is 5.53. The molecule has 1 aromatic carbocycles. The monoisotopic (exact) mass is 219 g/mol.